The van der Waals surface area contributed by atoms with Crippen molar-refractivity contribution in [3.63, 3.8) is 0 Å². The van der Waals surface area contributed by atoms with E-state index in [1.54, 1.807) is 30.3 Å². The lowest BCUT2D eigenvalue weighted by atomic mass is 10.2. The third-order valence-corrected chi connectivity index (χ3v) is 3.55. The molecule has 1 amide bonds. The molecule has 0 spiro atoms. The minimum absolute atomic E-state index is 0.268. The van der Waals surface area contributed by atoms with Gasteiger partial charge in [-0.2, -0.15) is 0 Å². The Morgan fingerprint density at radius 2 is 2.00 bits per heavy atom. The van der Waals surface area contributed by atoms with Gasteiger partial charge in [-0.3, -0.25) is 4.79 Å². The molecule has 0 unspecified atom stereocenters. The maximum atomic E-state index is 12.1. The summed E-state index contributed by atoms with van der Waals surface area (Å²) in [5.74, 6) is 0.918. The second-order valence-corrected chi connectivity index (χ2v) is 5.28. The van der Waals surface area contributed by atoms with E-state index >= 15 is 0 Å². The highest BCUT2D eigenvalue weighted by molar-refractivity contribution is 6.31. The fraction of sp³-hybridized carbons (Fsp3) is 0.267. The third-order valence-electron chi connectivity index (χ3n) is 3.31. The van der Waals surface area contributed by atoms with Gasteiger partial charge in [-0.25, -0.2) is 0 Å². The number of aromatic nitrogens is 2. The van der Waals surface area contributed by atoms with E-state index in [2.05, 4.69) is 20.4 Å². The average Bonchev–Trinajstić information content (AvgIpc) is 2.56. The normalized spacial score (nSPS) is 14.7. The van der Waals surface area contributed by atoms with E-state index in [-0.39, 0.29) is 5.91 Å². The van der Waals surface area contributed by atoms with E-state index in [9.17, 15) is 4.79 Å². The van der Waals surface area contributed by atoms with Crippen LogP contribution in [0.2, 0.25) is 5.02 Å². The quantitative estimate of drug-likeness (QED) is 0.940. The van der Waals surface area contributed by atoms with Crippen LogP contribution >= 0.6 is 11.6 Å². The number of nitrogens with zero attached hydrogens (tertiary/aromatic N) is 3. The van der Waals surface area contributed by atoms with Crippen LogP contribution in [0.5, 0.6) is 0 Å². The van der Waals surface area contributed by atoms with Crippen LogP contribution in [0, 0.1) is 0 Å². The SMILES string of the molecule is O=C(Nc1ccc(N2CCOCC2)nn1)c1cccc(Cl)c1. The van der Waals surface area contributed by atoms with Gasteiger partial charge in [0.2, 0.25) is 0 Å². The molecule has 0 aliphatic carbocycles. The molecule has 1 aliphatic rings. The van der Waals surface area contributed by atoms with Crippen LogP contribution in [-0.4, -0.2) is 42.4 Å². The first-order valence-electron chi connectivity index (χ1n) is 6.96. The Kier molecular flexibility index (Phi) is 4.50. The summed E-state index contributed by atoms with van der Waals surface area (Å²) in [5.41, 5.74) is 0.478. The average molecular weight is 319 g/mol. The van der Waals surface area contributed by atoms with Gasteiger partial charge in [0.25, 0.3) is 5.91 Å². The predicted molar refractivity (Wildman–Crippen MR) is 84.5 cm³/mol. The molecule has 0 radical (unpaired) electrons. The molecule has 114 valence electrons. The molecule has 1 aromatic carbocycles. The van der Waals surface area contributed by atoms with E-state index in [0.717, 1.165) is 18.9 Å². The smallest absolute Gasteiger partial charge is 0.256 e. The van der Waals surface area contributed by atoms with Gasteiger partial charge in [-0.1, -0.05) is 17.7 Å². The zero-order chi connectivity index (χ0) is 15.4. The van der Waals surface area contributed by atoms with Gasteiger partial charge in [0.1, 0.15) is 0 Å². The third kappa shape index (κ3) is 3.52. The van der Waals surface area contributed by atoms with E-state index in [4.69, 9.17) is 16.3 Å². The maximum absolute atomic E-state index is 12.1. The molecule has 3 rings (SSSR count). The Morgan fingerprint density at radius 3 is 2.68 bits per heavy atom. The number of anilines is 2. The molecule has 1 saturated heterocycles. The minimum Gasteiger partial charge on any atom is -0.378 e. The van der Waals surface area contributed by atoms with Gasteiger partial charge in [0.15, 0.2) is 11.6 Å². The fourth-order valence-corrected chi connectivity index (χ4v) is 2.36. The molecule has 1 fully saturated rings. The van der Waals surface area contributed by atoms with Crippen molar-refractivity contribution >= 4 is 29.1 Å². The van der Waals surface area contributed by atoms with E-state index in [0.29, 0.717) is 29.6 Å². The standard InChI is InChI=1S/C15H15ClN4O2/c16-12-3-1-2-11(10-12)15(21)17-13-4-5-14(19-18-13)20-6-8-22-9-7-20/h1-5,10H,6-9H2,(H,17,18,21). The predicted octanol–water partition coefficient (Wildman–Crippen LogP) is 2.22. The molecule has 7 heteroatoms. The largest absolute Gasteiger partial charge is 0.378 e. The van der Waals surface area contributed by atoms with E-state index < -0.39 is 0 Å². The molecule has 0 saturated carbocycles. The van der Waals surface area contributed by atoms with Gasteiger partial charge in [-0.05, 0) is 30.3 Å². The monoisotopic (exact) mass is 318 g/mol. The van der Waals surface area contributed by atoms with Crippen molar-refractivity contribution < 1.29 is 9.53 Å². The molecule has 2 aromatic rings. The summed E-state index contributed by atoms with van der Waals surface area (Å²) in [6, 6.07) is 10.3. The number of morpholine rings is 1. The van der Waals surface area contributed by atoms with Gasteiger partial charge in [0.05, 0.1) is 13.2 Å². The number of hydrogen-bond acceptors (Lipinski definition) is 5. The van der Waals surface area contributed by atoms with Gasteiger partial charge >= 0.3 is 0 Å². The summed E-state index contributed by atoms with van der Waals surface area (Å²) in [6.07, 6.45) is 0. The topological polar surface area (TPSA) is 67.4 Å². The van der Waals surface area contributed by atoms with Crippen LogP contribution in [0.25, 0.3) is 0 Å². The molecule has 1 aliphatic heterocycles. The number of rotatable bonds is 3. The molecule has 6 nitrogen and oxygen atoms in total. The zero-order valence-corrected chi connectivity index (χ0v) is 12.6. The molecule has 1 N–H and O–H groups in total. The maximum Gasteiger partial charge on any atom is 0.256 e. The van der Waals surface area contributed by atoms with Crippen molar-refractivity contribution in [2.75, 3.05) is 36.5 Å². The van der Waals surface area contributed by atoms with Crippen LogP contribution in [0.3, 0.4) is 0 Å². The Labute approximate surface area is 133 Å². The summed E-state index contributed by atoms with van der Waals surface area (Å²) in [4.78, 5) is 14.2. The number of carbonyl (C=O) groups is 1. The first-order chi connectivity index (χ1) is 10.7. The highest BCUT2D eigenvalue weighted by atomic mass is 35.5. The minimum atomic E-state index is -0.268. The number of ether oxygens (including phenoxy) is 1. The molecule has 22 heavy (non-hydrogen) atoms. The number of nitrogens with one attached hydrogen (secondary N) is 1. The van der Waals surface area contributed by atoms with Crippen LogP contribution in [0.4, 0.5) is 11.6 Å². The first kappa shape index (κ1) is 14.7. The summed E-state index contributed by atoms with van der Waals surface area (Å²) >= 11 is 5.87. The Bertz CT molecular complexity index is 657. The van der Waals surface area contributed by atoms with Crippen molar-refractivity contribution in [2.45, 2.75) is 0 Å². The highest BCUT2D eigenvalue weighted by Crippen LogP contribution is 2.15. The number of benzene rings is 1. The van der Waals surface area contributed by atoms with Crippen LogP contribution in [0.1, 0.15) is 10.4 Å². The summed E-state index contributed by atoms with van der Waals surface area (Å²) < 4.78 is 5.30. The summed E-state index contributed by atoms with van der Waals surface area (Å²) in [6.45, 7) is 2.97. The van der Waals surface area contributed by atoms with Crippen molar-refractivity contribution in [2.24, 2.45) is 0 Å². The molecule has 0 atom stereocenters. The van der Waals surface area contributed by atoms with Crippen LogP contribution in [0.15, 0.2) is 36.4 Å². The van der Waals surface area contributed by atoms with Crippen molar-refractivity contribution in [1.82, 2.24) is 10.2 Å². The number of hydrogen-bond donors (Lipinski definition) is 1. The lowest BCUT2D eigenvalue weighted by molar-refractivity contribution is 0.102. The lowest BCUT2D eigenvalue weighted by Gasteiger charge is -2.27. The second-order valence-electron chi connectivity index (χ2n) is 4.84. The molecular weight excluding hydrogens is 304 g/mol. The van der Waals surface area contributed by atoms with Crippen molar-refractivity contribution in [3.05, 3.63) is 47.0 Å². The van der Waals surface area contributed by atoms with Crippen LogP contribution in [-0.2, 0) is 4.74 Å². The molecule has 1 aromatic heterocycles. The zero-order valence-electron chi connectivity index (χ0n) is 11.8. The van der Waals surface area contributed by atoms with Gasteiger partial charge < -0.3 is 15.0 Å². The van der Waals surface area contributed by atoms with Gasteiger partial charge in [0, 0.05) is 23.7 Å². The highest BCUT2D eigenvalue weighted by Gasteiger charge is 2.13. The Morgan fingerprint density at radius 1 is 1.18 bits per heavy atom. The molecular formula is C15H15ClN4O2. The molecule has 0 bridgehead atoms. The second kappa shape index (κ2) is 6.72. The summed E-state index contributed by atoms with van der Waals surface area (Å²) in [5, 5.41) is 11.4. The van der Waals surface area contributed by atoms with E-state index in [1.165, 1.54) is 0 Å². The van der Waals surface area contributed by atoms with Crippen molar-refractivity contribution in [3.8, 4) is 0 Å². The lowest BCUT2D eigenvalue weighted by Crippen LogP contribution is -2.36. The Hall–Kier alpha value is -2.18. The van der Waals surface area contributed by atoms with Crippen molar-refractivity contribution in [1.29, 1.82) is 0 Å². The Balaban J connectivity index is 1.66. The number of halogens is 1. The van der Waals surface area contributed by atoms with Crippen LogP contribution < -0.4 is 10.2 Å². The molecule has 2 heterocycles. The van der Waals surface area contributed by atoms with Gasteiger partial charge in [-0.15, -0.1) is 10.2 Å². The number of carbonyl (C=O) groups excluding carboxylic acids is 1. The number of amides is 1. The fourth-order valence-electron chi connectivity index (χ4n) is 2.17. The summed E-state index contributed by atoms with van der Waals surface area (Å²) in [7, 11) is 0. The first-order valence-corrected chi connectivity index (χ1v) is 7.33. The van der Waals surface area contributed by atoms with E-state index in [1.807, 2.05) is 6.07 Å².